The molecule has 1 fully saturated rings. The maximum absolute atomic E-state index is 4.49. The van der Waals surface area contributed by atoms with E-state index < -0.39 is 0 Å². The second kappa shape index (κ2) is 9.15. The average Bonchev–Trinajstić information content (AvgIpc) is 2.46. The minimum absolute atomic E-state index is 0. The zero-order valence-electron chi connectivity index (χ0n) is 9.69. The van der Waals surface area contributed by atoms with Gasteiger partial charge < -0.3 is 5.32 Å². The van der Waals surface area contributed by atoms with Gasteiger partial charge >= 0.3 is 0 Å². The van der Waals surface area contributed by atoms with E-state index in [-0.39, 0.29) is 24.8 Å². The van der Waals surface area contributed by atoms with Gasteiger partial charge in [-0.3, -0.25) is 0 Å². The summed E-state index contributed by atoms with van der Waals surface area (Å²) in [6, 6.07) is 6.18. The van der Waals surface area contributed by atoms with Gasteiger partial charge in [-0.25, -0.2) is 4.98 Å². The Labute approximate surface area is 124 Å². The van der Waals surface area contributed by atoms with E-state index in [2.05, 4.69) is 38.4 Å². The Morgan fingerprint density at radius 3 is 2.82 bits per heavy atom. The average molecular weight is 342 g/mol. The van der Waals surface area contributed by atoms with Crippen LogP contribution in [0.5, 0.6) is 0 Å². The molecule has 0 radical (unpaired) electrons. The van der Waals surface area contributed by atoms with Crippen molar-refractivity contribution in [1.82, 2.24) is 10.3 Å². The summed E-state index contributed by atoms with van der Waals surface area (Å²) < 4.78 is 0.951. The van der Waals surface area contributed by atoms with E-state index in [1.54, 1.807) is 0 Å². The zero-order valence-corrected chi connectivity index (χ0v) is 12.9. The van der Waals surface area contributed by atoms with Gasteiger partial charge in [0.2, 0.25) is 0 Å². The number of aromatic nitrogens is 1. The van der Waals surface area contributed by atoms with Crippen molar-refractivity contribution in [2.75, 3.05) is 13.1 Å². The Hall–Kier alpha value is 0.170. The Kier molecular flexibility index (Phi) is 9.24. The van der Waals surface area contributed by atoms with Crippen LogP contribution in [0.4, 0.5) is 0 Å². The molecule has 2 rings (SSSR count). The van der Waals surface area contributed by atoms with Gasteiger partial charge in [0.25, 0.3) is 0 Å². The molecule has 2 nitrogen and oxygen atoms in total. The van der Waals surface area contributed by atoms with Crippen molar-refractivity contribution in [2.24, 2.45) is 5.92 Å². The lowest BCUT2D eigenvalue weighted by atomic mass is 9.95. The monoisotopic (exact) mass is 340 g/mol. The highest BCUT2D eigenvalue weighted by molar-refractivity contribution is 9.10. The fraction of sp³-hybridized carbons (Fsp3) is 0.583. The molecule has 1 aliphatic rings. The molecule has 1 aromatic heterocycles. The lowest BCUT2D eigenvalue weighted by Gasteiger charge is -2.12. The van der Waals surface area contributed by atoms with Crippen LogP contribution < -0.4 is 5.32 Å². The number of hydrogen-bond donors (Lipinski definition) is 1. The first-order valence-corrected chi connectivity index (χ1v) is 6.46. The predicted octanol–water partition coefficient (Wildman–Crippen LogP) is 3.62. The number of nitrogens with one attached hydrogen (secondary N) is 1. The van der Waals surface area contributed by atoms with Crippen molar-refractivity contribution in [3.05, 3.63) is 28.5 Å². The Morgan fingerprint density at radius 2 is 2.06 bits per heavy atom. The van der Waals surface area contributed by atoms with Crippen LogP contribution >= 0.6 is 40.7 Å². The fourth-order valence-electron chi connectivity index (χ4n) is 2.16. The summed E-state index contributed by atoms with van der Waals surface area (Å²) in [7, 11) is 0. The molecule has 98 valence electrons. The number of pyridine rings is 1. The van der Waals surface area contributed by atoms with Crippen molar-refractivity contribution < 1.29 is 0 Å². The number of nitrogens with zero attached hydrogens (tertiary/aromatic N) is 1. The standard InChI is InChI=1S/C12H17BrN2.2ClH/c13-12-5-1-4-11(15-12)9-10-3-2-7-14-8-6-10;;/h1,4-5,10,14H,2-3,6-9H2;2*1H. The van der Waals surface area contributed by atoms with Gasteiger partial charge in [0.15, 0.2) is 0 Å². The van der Waals surface area contributed by atoms with Crippen LogP contribution in [0, 0.1) is 5.92 Å². The normalized spacial score (nSPS) is 19.7. The first-order valence-electron chi connectivity index (χ1n) is 5.67. The van der Waals surface area contributed by atoms with E-state index in [0.29, 0.717) is 0 Å². The quantitative estimate of drug-likeness (QED) is 0.831. The molecule has 1 saturated heterocycles. The Bertz CT molecular complexity index is 315. The summed E-state index contributed by atoms with van der Waals surface area (Å²) in [5.41, 5.74) is 1.22. The molecule has 1 aliphatic heterocycles. The summed E-state index contributed by atoms with van der Waals surface area (Å²) in [5.74, 6) is 0.807. The van der Waals surface area contributed by atoms with Crippen LogP contribution in [-0.4, -0.2) is 18.1 Å². The molecule has 0 aromatic carbocycles. The molecule has 1 N–H and O–H groups in total. The maximum Gasteiger partial charge on any atom is 0.106 e. The molecule has 1 unspecified atom stereocenters. The van der Waals surface area contributed by atoms with E-state index in [0.717, 1.165) is 16.9 Å². The van der Waals surface area contributed by atoms with E-state index in [9.17, 15) is 0 Å². The summed E-state index contributed by atoms with van der Waals surface area (Å²) in [6.45, 7) is 2.35. The van der Waals surface area contributed by atoms with Crippen LogP contribution in [-0.2, 0) is 6.42 Å². The molecule has 2 heterocycles. The minimum Gasteiger partial charge on any atom is -0.317 e. The van der Waals surface area contributed by atoms with Gasteiger partial charge in [0.05, 0.1) is 0 Å². The molecule has 17 heavy (non-hydrogen) atoms. The molecule has 0 amide bonds. The second-order valence-corrected chi connectivity index (χ2v) is 5.02. The highest BCUT2D eigenvalue weighted by Gasteiger charge is 2.12. The van der Waals surface area contributed by atoms with Crippen molar-refractivity contribution in [3.63, 3.8) is 0 Å². The van der Waals surface area contributed by atoms with Crippen LogP contribution in [0.15, 0.2) is 22.8 Å². The zero-order chi connectivity index (χ0) is 10.5. The van der Waals surface area contributed by atoms with Crippen LogP contribution in [0.25, 0.3) is 0 Å². The molecule has 0 aliphatic carbocycles. The number of rotatable bonds is 2. The van der Waals surface area contributed by atoms with E-state index in [1.165, 1.54) is 38.0 Å². The summed E-state index contributed by atoms with van der Waals surface area (Å²) >= 11 is 3.42. The van der Waals surface area contributed by atoms with Gasteiger partial charge in [-0.2, -0.15) is 0 Å². The largest absolute Gasteiger partial charge is 0.317 e. The minimum atomic E-state index is 0. The van der Waals surface area contributed by atoms with Crippen LogP contribution in [0.2, 0.25) is 0 Å². The topological polar surface area (TPSA) is 24.9 Å². The first kappa shape index (κ1) is 17.2. The third kappa shape index (κ3) is 6.05. The smallest absolute Gasteiger partial charge is 0.106 e. The van der Waals surface area contributed by atoms with Crippen LogP contribution in [0.3, 0.4) is 0 Å². The van der Waals surface area contributed by atoms with Gasteiger partial charge in [-0.1, -0.05) is 6.07 Å². The maximum atomic E-state index is 4.49. The molecule has 1 atom stereocenters. The molecule has 0 saturated carbocycles. The summed E-state index contributed by atoms with van der Waals surface area (Å²) in [5, 5.41) is 3.44. The van der Waals surface area contributed by atoms with E-state index >= 15 is 0 Å². The highest BCUT2D eigenvalue weighted by atomic mass is 79.9. The Morgan fingerprint density at radius 1 is 1.24 bits per heavy atom. The molecule has 5 heteroatoms. The molecule has 1 aromatic rings. The van der Waals surface area contributed by atoms with Gasteiger partial charge in [0, 0.05) is 5.69 Å². The lowest BCUT2D eigenvalue weighted by Crippen LogP contribution is -2.14. The van der Waals surface area contributed by atoms with Crippen molar-refractivity contribution in [3.8, 4) is 0 Å². The van der Waals surface area contributed by atoms with Crippen molar-refractivity contribution in [2.45, 2.75) is 25.7 Å². The first-order chi connectivity index (χ1) is 7.34. The van der Waals surface area contributed by atoms with E-state index in [1.807, 2.05) is 6.07 Å². The van der Waals surface area contributed by atoms with Crippen molar-refractivity contribution >= 4 is 40.7 Å². The lowest BCUT2D eigenvalue weighted by molar-refractivity contribution is 0.465. The molecular weight excluding hydrogens is 323 g/mol. The van der Waals surface area contributed by atoms with Crippen molar-refractivity contribution in [1.29, 1.82) is 0 Å². The fourth-order valence-corrected chi connectivity index (χ4v) is 2.54. The predicted molar refractivity (Wildman–Crippen MR) is 80.3 cm³/mol. The molecule has 0 spiro atoms. The van der Waals surface area contributed by atoms with Gasteiger partial charge in [-0.15, -0.1) is 24.8 Å². The molecule has 0 bridgehead atoms. The Balaban J connectivity index is 0.00000128. The van der Waals surface area contributed by atoms with Crippen LogP contribution in [0.1, 0.15) is 25.0 Å². The number of hydrogen-bond acceptors (Lipinski definition) is 2. The third-order valence-corrected chi connectivity index (χ3v) is 3.41. The highest BCUT2D eigenvalue weighted by Crippen LogP contribution is 2.19. The second-order valence-electron chi connectivity index (χ2n) is 4.20. The third-order valence-electron chi connectivity index (χ3n) is 2.97. The van der Waals surface area contributed by atoms with Gasteiger partial charge in [0.1, 0.15) is 4.60 Å². The number of halogens is 3. The van der Waals surface area contributed by atoms with E-state index in [4.69, 9.17) is 0 Å². The summed E-state index contributed by atoms with van der Waals surface area (Å²) in [4.78, 5) is 4.49. The molecular formula is C12H19BrCl2N2. The SMILES string of the molecule is Brc1cccc(CC2CCCNCC2)n1.Cl.Cl. The summed E-state index contributed by atoms with van der Waals surface area (Å²) in [6.07, 6.45) is 5.05. The van der Waals surface area contributed by atoms with Gasteiger partial charge in [-0.05, 0) is 72.8 Å².